The number of aromatic nitrogens is 3. The van der Waals surface area contributed by atoms with E-state index in [0.29, 0.717) is 6.42 Å². The predicted molar refractivity (Wildman–Crippen MR) is 117 cm³/mol. The quantitative estimate of drug-likeness (QED) is 0.538. The minimum Gasteiger partial charge on any atom is -0.380 e. The summed E-state index contributed by atoms with van der Waals surface area (Å²) < 4.78 is 4.03. The highest BCUT2D eigenvalue weighted by Crippen LogP contribution is 2.39. The summed E-state index contributed by atoms with van der Waals surface area (Å²) in [4.78, 5) is 12.1. The number of para-hydroxylation sites is 1. The first-order valence-electron chi connectivity index (χ1n) is 9.78. The second kappa shape index (κ2) is 6.51. The van der Waals surface area contributed by atoms with Gasteiger partial charge in [0.15, 0.2) is 0 Å². The van der Waals surface area contributed by atoms with E-state index >= 15 is 0 Å². The molecule has 0 saturated carbocycles. The number of rotatable bonds is 2. The molecule has 2 aromatic heterocycles. The van der Waals surface area contributed by atoms with Crippen molar-refractivity contribution >= 4 is 28.2 Å². The number of hydrogen-bond donors (Lipinski definition) is 2. The molecule has 5 rings (SSSR count). The van der Waals surface area contributed by atoms with Gasteiger partial charge in [-0.05, 0) is 30.7 Å². The zero-order chi connectivity index (χ0) is 20.1. The van der Waals surface area contributed by atoms with E-state index in [-0.39, 0.29) is 11.9 Å². The van der Waals surface area contributed by atoms with Crippen LogP contribution in [0.4, 0.5) is 11.4 Å². The Morgan fingerprint density at radius 3 is 2.76 bits per heavy atom. The standard InChI is InChI=1S/C23H23N5O/c1-14-9-22(29)26-19-6-4-5-18(23(19)25-14)21-11-16-8-7-15(10-20(16)28(21)3)17-12-24-27(2)13-17/h4-8,10-14,25H,9H2,1-3H3,(H,26,29)/t14-/m1/s1. The lowest BCUT2D eigenvalue weighted by Crippen LogP contribution is -2.19. The minimum atomic E-state index is 0.0408. The first-order chi connectivity index (χ1) is 14.0. The molecule has 3 heterocycles. The highest BCUT2D eigenvalue weighted by molar-refractivity contribution is 6.01. The smallest absolute Gasteiger partial charge is 0.226 e. The van der Waals surface area contributed by atoms with Gasteiger partial charge in [0.1, 0.15) is 0 Å². The van der Waals surface area contributed by atoms with Crippen LogP contribution in [0.1, 0.15) is 13.3 Å². The summed E-state index contributed by atoms with van der Waals surface area (Å²) >= 11 is 0. The van der Waals surface area contributed by atoms with Gasteiger partial charge in [-0.2, -0.15) is 5.10 Å². The van der Waals surface area contributed by atoms with E-state index in [0.717, 1.165) is 39.3 Å². The minimum absolute atomic E-state index is 0.0408. The Labute approximate surface area is 169 Å². The van der Waals surface area contributed by atoms with Crippen LogP contribution in [0.3, 0.4) is 0 Å². The van der Waals surface area contributed by atoms with Crippen LogP contribution in [0.15, 0.2) is 54.9 Å². The maximum atomic E-state index is 12.1. The Morgan fingerprint density at radius 2 is 1.97 bits per heavy atom. The van der Waals surface area contributed by atoms with E-state index in [1.54, 1.807) is 0 Å². The van der Waals surface area contributed by atoms with Crippen molar-refractivity contribution in [3.8, 4) is 22.4 Å². The number of aryl methyl sites for hydroxylation is 2. The Morgan fingerprint density at radius 1 is 1.10 bits per heavy atom. The van der Waals surface area contributed by atoms with Gasteiger partial charge in [0.05, 0.1) is 23.3 Å². The molecule has 0 spiro atoms. The lowest BCUT2D eigenvalue weighted by atomic mass is 10.1. The molecule has 29 heavy (non-hydrogen) atoms. The molecule has 4 aromatic rings. The van der Waals surface area contributed by atoms with Crippen LogP contribution in [0.5, 0.6) is 0 Å². The summed E-state index contributed by atoms with van der Waals surface area (Å²) in [5.41, 5.74) is 7.40. The maximum absolute atomic E-state index is 12.1. The number of nitrogens with zero attached hydrogens (tertiary/aromatic N) is 3. The van der Waals surface area contributed by atoms with Gasteiger partial charge in [-0.1, -0.05) is 24.3 Å². The van der Waals surface area contributed by atoms with Crippen LogP contribution in [-0.4, -0.2) is 26.3 Å². The molecule has 0 fully saturated rings. The first kappa shape index (κ1) is 17.6. The van der Waals surface area contributed by atoms with E-state index in [9.17, 15) is 4.79 Å². The second-order valence-corrected chi connectivity index (χ2v) is 7.79. The van der Waals surface area contributed by atoms with Gasteiger partial charge in [0.25, 0.3) is 0 Å². The summed E-state index contributed by atoms with van der Waals surface area (Å²) in [5, 5.41) is 12.0. The molecule has 6 heteroatoms. The predicted octanol–water partition coefficient (Wildman–Crippen LogP) is 4.39. The van der Waals surface area contributed by atoms with E-state index in [1.165, 1.54) is 5.39 Å². The summed E-state index contributed by atoms with van der Waals surface area (Å²) in [5.74, 6) is 0.0408. The number of hydrogen-bond acceptors (Lipinski definition) is 3. The van der Waals surface area contributed by atoms with Crippen LogP contribution >= 0.6 is 0 Å². The third-order valence-corrected chi connectivity index (χ3v) is 5.58. The van der Waals surface area contributed by atoms with E-state index in [4.69, 9.17) is 0 Å². The lowest BCUT2D eigenvalue weighted by molar-refractivity contribution is -0.116. The van der Waals surface area contributed by atoms with Gasteiger partial charge in [-0.15, -0.1) is 0 Å². The highest BCUT2D eigenvalue weighted by atomic mass is 16.1. The largest absolute Gasteiger partial charge is 0.380 e. The molecule has 0 unspecified atom stereocenters. The molecule has 2 N–H and O–H groups in total. The fourth-order valence-electron chi connectivity index (χ4n) is 4.14. The van der Waals surface area contributed by atoms with Gasteiger partial charge < -0.3 is 15.2 Å². The second-order valence-electron chi connectivity index (χ2n) is 7.79. The van der Waals surface area contributed by atoms with Gasteiger partial charge >= 0.3 is 0 Å². The average Bonchev–Trinajstić information content (AvgIpc) is 3.21. The van der Waals surface area contributed by atoms with Crippen molar-refractivity contribution in [3.63, 3.8) is 0 Å². The van der Waals surface area contributed by atoms with Gasteiger partial charge in [0.2, 0.25) is 5.91 Å². The molecule has 146 valence electrons. The Balaban J connectivity index is 1.66. The van der Waals surface area contributed by atoms with Crippen LogP contribution in [0, 0.1) is 0 Å². The van der Waals surface area contributed by atoms with E-state index in [2.05, 4.69) is 57.7 Å². The molecule has 1 aliphatic rings. The molecule has 0 saturated heterocycles. The summed E-state index contributed by atoms with van der Waals surface area (Å²) in [6.07, 6.45) is 4.36. The van der Waals surface area contributed by atoms with Crippen LogP contribution in [0.2, 0.25) is 0 Å². The van der Waals surface area contributed by atoms with Gasteiger partial charge in [-0.3, -0.25) is 9.48 Å². The molecule has 0 bridgehead atoms. The maximum Gasteiger partial charge on any atom is 0.226 e. The third-order valence-electron chi connectivity index (χ3n) is 5.58. The number of benzene rings is 2. The molecule has 1 aliphatic heterocycles. The summed E-state index contributed by atoms with van der Waals surface area (Å²) in [6, 6.07) is 14.8. The lowest BCUT2D eigenvalue weighted by Gasteiger charge is -2.17. The van der Waals surface area contributed by atoms with Crippen LogP contribution < -0.4 is 10.6 Å². The number of fused-ring (bicyclic) bond motifs is 2. The van der Waals surface area contributed by atoms with Crippen molar-refractivity contribution in [2.45, 2.75) is 19.4 Å². The number of carbonyl (C=O) groups is 1. The number of amides is 1. The average molecular weight is 385 g/mol. The van der Waals surface area contributed by atoms with Crippen molar-refractivity contribution in [2.75, 3.05) is 10.6 Å². The Bertz CT molecular complexity index is 1250. The number of anilines is 2. The summed E-state index contributed by atoms with van der Waals surface area (Å²) in [7, 11) is 4.01. The number of carbonyl (C=O) groups excluding carboxylic acids is 1. The SMILES string of the molecule is C[C@@H]1CC(=O)Nc2cccc(-c3cc4ccc(-c5cnn(C)c5)cc4n3C)c2N1. The van der Waals surface area contributed by atoms with Crippen molar-refractivity contribution in [1.29, 1.82) is 0 Å². The summed E-state index contributed by atoms with van der Waals surface area (Å²) in [6.45, 7) is 2.03. The first-order valence-corrected chi connectivity index (χ1v) is 9.78. The highest BCUT2D eigenvalue weighted by Gasteiger charge is 2.22. The third kappa shape index (κ3) is 2.97. The molecule has 6 nitrogen and oxygen atoms in total. The van der Waals surface area contributed by atoms with Crippen molar-refractivity contribution < 1.29 is 4.79 Å². The van der Waals surface area contributed by atoms with Gasteiger partial charge in [-0.25, -0.2) is 0 Å². The molecular weight excluding hydrogens is 362 g/mol. The molecule has 1 amide bonds. The van der Waals surface area contributed by atoms with Crippen molar-refractivity contribution in [2.24, 2.45) is 14.1 Å². The Hall–Kier alpha value is -3.54. The fourth-order valence-corrected chi connectivity index (χ4v) is 4.14. The topological polar surface area (TPSA) is 63.9 Å². The number of nitrogens with one attached hydrogen (secondary N) is 2. The fraction of sp³-hybridized carbons (Fsp3) is 0.217. The molecule has 0 aliphatic carbocycles. The zero-order valence-corrected chi connectivity index (χ0v) is 16.7. The van der Waals surface area contributed by atoms with Crippen molar-refractivity contribution in [3.05, 3.63) is 54.9 Å². The molecule has 1 atom stereocenters. The van der Waals surface area contributed by atoms with Crippen LogP contribution in [-0.2, 0) is 18.9 Å². The normalized spacial score (nSPS) is 16.2. The molecule has 0 radical (unpaired) electrons. The van der Waals surface area contributed by atoms with Crippen LogP contribution in [0.25, 0.3) is 33.3 Å². The molecule has 2 aromatic carbocycles. The van der Waals surface area contributed by atoms with E-state index in [1.807, 2.05) is 43.2 Å². The molecular formula is C23H23N5O. The zero-order valence-electron chi connectivity index (χ0n) is 16.7. The monoisotopic (exact) mass is 385 g/mol. The Kier molecular flexibility index (Phi) is 3.94. The van der Waals surface area contributed by atoms with Gasteiger partial charge in [0, 0.05) is 54.8 Å². The van der Waals surface area contributed by atoms with Crippen molar-refractivity contribution in [1.82, 2.24) is 14.3 Å². The van der Waals surface area contributed by atoms with E-state index < -0.39 is 0 Å².